The molecule has 0 N–H and O–H groups in total. The van der Waals surface area contributed by atoms with Crippen molar-refractivity contribution in [2.75, 3.05) is 6.61 Å². The summed E-state index contributed by atoms with van der Waals surface area (Å²) in [5.74, 6) is 3.42. The lowest BCUT2D eigenvalue weighted by Gasteiger charge is -2.11. The third kappa shape index (κ3) is 7.14. The third-order valence-electron chi connectivity index (χ3n) is 3.13. The van der Waals surface area contributed by atoms with Gasteiger partial charge < -0.3 is 4.74 Å². The molecule has 1 atom stereocenters. The number of hydrogen-bond donors (Lipinski definition) is 0. The first-order valence-electron chi connectivity index (χ1n) is 6.88. The molecule has 0 unspecified atom stereocenters. The highest BCUT2D eigenvalue weighted by molar-refractivity contribution is 5.13. The van der Waals surface area contributed by atoms with Crippen LogP contribution in [0.2, 0.25) is 0 Å². The van der Waals surface area contributed by atoms with Crippen LogP contribution in [0.5, 0.6) is 0 Å². The summed E-state index contributed by atoms with van der Waals surface area (Å²) in [5.41, 5.74) is 1.25. The van der Waals surface area contributed by atoms with Gasteiger partial charge >= 0.3 is 0 Å². The van der Waals surface area contributed by atoms with Gasteiger partial charge in [0.1, 0.15) is 0 Å². The van der Waals surface area contributed by atoms with Crippen LogP contribution in [0.4, 0.5) is 0 Å². The minimum absolute atomic E-state index is 0.727. The van der Waals surface area contributed by atoms with Gasteiger partial charge in [-0.25, -0.2) is 0 Å². The van der Waals surface area contributed by atoms with Crippen molar-refractivity contribution in [3.8, 4) is 12.3 Å². The first-order valence-corrected chi connectivity index (χ1v) is 6.88. The van der Waals surface area contributed by atoms with Crippen LogP contribution in [-0.4, -0.2) is 6.61 Å². The Balaban J connectivity index is 1.99. The number of terminal acetylenes is 1. The number of benzene rings is 1. The van der Waals surface area contributed by atoms with Crippen LogP contribution < -0.4 is 0 Å². The fourth-order valence-electron chi connectivity index (χ4n) is 1.91. The van der Waals surface area contributed by atoms with Gasteiger partial charge in [-0.2, -0.15) is 0 Å². The first-order chi connectivity index (χ1) is 8.83. The molecule has 1 rings (SSSR count). The van der Waals surface area contributed by atoms with Gasteiger partial charge in [0.15, 0.2) is 0 Å². The van der Waals surface area contributed by atoms with Crippen molar-refractivity contribution in [3.63, 3.8) is 0 Å². The molecule has 1 nitrogen and oxygen atoms in total. The fraction of sp³-hybridized carbons (Fsp3) is 0.529. The highest BCUT2D eigenvalue weighted by atomic mass is 16.5. The van der Waals surface area contributed by atoms with E-state index in [-0.39, 0.29) is 0 Å². The molecule has 1 aromatic rings. The van der Waals surface area contributed by atoms with Crippen molar-refractivity contribution in [2.45, 2.75) is 45.6 Å². The Morgan fingerprint density at radius 3 is 2.67 bits per heavy atom. The molecule has 0 saturated carbocycles. The smallest absolute Gasteiger partial charge is 0.0716 e. The van der Waals surface area contributed by atoms with Crippen molar-refractivity contribution >= 4 is 0 Å². The van der Waals surface area contributed by atoms with E-state index in [1.165, 1.54) is 18.4 Å². The molecule has 1 aromatic carbocycles. The number of ether oxygens (including phenoxy) is 1. The molecule has 0 amide bonds. The highest BCUT2D eigenvalue weighted by Gasteiger charge is 2.02. The van der Waals surface area contributed by atoms with Crippen molar-refractivity contribution in [1.29, 1.82) is 0 Å². The Kier molecular flexibility index (Phi) is 8.01. The van der Waals surface area contributed by atoms with Gasteiger partial charge in [0, 0.05) is 13.0 Å². The second kappa shape index (κ2) is 9.74. The Labute approximate surface area is 112 Å². The molecule has 1 heteroatoms. The summed E-state index contributed by atoms with van der Waals surface area (Å²) in [6, 6.07) is 10.3. The molecule has 98 valence electrons. The SMILES string of the molecule is C#CCCCC[C@@H](C)CCOCc1ccccc1. The Bertz CT molecular complexity index is 336. The number of unbranched alkanes of at least 4 members (excludes halogenated alkanes) is 2. The Morgan fingerprint density at radius 2 is 1.94 bits per heavy atom. The van der Waals surface area contributed by atoms with Gasteiger partial charge in [-0.05, 0) is 24.3 Å². The van der Waals surface area contributed by atoms with E-state index in [2.05, 4.69) is 25.0 Å². The maximum atomic E-state index is 5.69. The van der Waals surface area contributed by atoms with Gasteiger partial charge in [0.05, 0.1) is 6.61 Å². The van der Waals surface area contributed by atoms with Gasteiger partial charge in [-0.15, -0.1) is 12.3 Å². The second-order valence-corrected chi connectivity index (χ2v) is 4.88. The summed E-state index contributed by atoms with van der Waals surface area (Å²) in [7, 11) is 0. The zero-order valence-electron chi connectivity index (χ0n) is 11.4. The largest absolute Gasteiger partial charge is 0.377 e. The third-order valence-corrected chi connectivity index (χ3v) is 3.13. The molecule has 0 aliphatic rings. The minimum atomic E-state index is 0.727. The lowest BCUT2D eigenvalue weighted by Crippen LogP contribution is -2.02. The van der Waals surface area contributed by atoms with Gasteiger partial charge in [0.2, 0.25) is 0 Å². The average molecular weight is 244 g/mol. The molecule has 0 aliphatic heterocycles. The molecule has 0 bridgehead atoms. The lowest BCUT2D eigenvalue weighted by molar-refractivity contribution is 0.108. The molecule has 0 saturated heterocycles. The van der Waals surface area contributed by atoms with Gasteiger partial charge in [-0.3, -0.25) is 0 Å². The van der Waals surface area contributed by atoms with Gasteiger partial charge in [-0.1, -0.05) is 50.1 Å². The van der Waals surface area contributed by atoms with E-state index in [0.717, 1.165) is 38.4 Å². The summed E-state index contributed by atoms with van der Waals surface area (Å²) in [5, 5.41) is 0. The summed E-state index contributed by atoms with van der Waals surface area (Å²) in [4.78, 5) is 0. The molecule has 0 aliphatic carbocycles. The summed E-state index contributed by atoms with van der Waals surface area (Å²) >= 11 is 0. The van der Waals surface area contributed by atoms with Crippen molar-refractivity contribution in [1.82, 2.24) is 0 Å². The lowest BCUT2D eigenvalue weighted by atomic mass is 10.0. The molecule has 0 fully saturated rings. The van der Waals surface area contributed by atoms with E-state index in [4.69, 9.17) is 11.2 Å². The minimum Gasteiger partial charge on any atom is -0.377 e. The standard InChI is InChI=1S/C17H24O/c1-3-4-5-7-10-16(2)13-14-18-15-17-11-8-6-9-12-17/h1,6,8-9,11-12,16H,4-5,7,10,13-15H2,2H3/t16-/m1/s1. The monoisotopic (exact) mass is 244 g/mol. The predicted octanol–water partition coefficient (Wildman–Crippen LogP) is 4.42. The van der Waals surface area contributed by atoms with E-state index < -0.39 is 0 Å². The quantitative estimate of drug-likeness (QED) is 0.461. The van der Waals surface area contributed by atoms with Crippen LogP contribution in [0.1, 0.15) is 44.6 Å². The van der Waals surface area contributed by atoms with E-state index in [0.29, 0.717) is 0 Å². The Hall–Kier alpha value is -1.26. The maximum Gasteiger partial charge on any atom is 0.0716 e. The van der Waals surface area contributed by atoms with Crippen LogP contribution in [0.15, 0.2) is 30.3 Å². The molecule has 0 heterocycles. The van der Waals surface area contributed by atoms with Crippen molar-refractivity contribution in [3.05, 3.63) is 35.9 Å². The topological polar surface area (TPSA) is 9.23 Å². The summed E-state index contributed by atoms with van der Waals surface area (Å²) < 4.78 is 5.69. The first kappa shape index (κ1) is 14.8. The normalized spacial score (nSPS) is 12.0. The van der Waals surface area contributed by atoms with Crippen LogP contribution in [-0.2, 0) is 11.3 Å². The zero-order valence-corrected chi connectivity index (χ0v) is 11.4. The molecular formula is C17H24O. The van der Waals surface area contributed by atoms with Gasteiger partial charge in [0.25, 0.3) is 0 Å². The highest BCUT2D eigenvalue weighted by Crippen LogP contribution is 2.13. The molecular weight excluding hydrogens is 220 g/mol. The van der Waals surface area contributed by atoms with E-state index >= 15 is 0 Å². The van der Waals surface area contributed by atoms with Crippen LogP contribution >= 0.6 is 0 Å². The van der Waals surface area contributed by atoms with Crippen molar-refractivity contribution in [2.24, 2.45) is 5.92 Å². The van der Waals surface area contributed by atoms with Crippen LogP contribution in [0.3, 0.4) is 0 Å². The molecule has 0 radical (unpaired) electrons. The fourth-order valence-corrected chi connectivity index (χ4v) is 1.91. The predicted molar refractivity (Wildman–Crippen MR) is 77.2 cm³/mol. The van der Waals surface area contributed by atoms with E-state index in [9.17, 15) is 0 Å². The Morgan fingerprint density at radius 1 is 1.17 bits per heavy atom. The molecule has 18 heavy (non-hydrogen) atoms. The average Bonchev–Trinajstić information content (AvgIpc) is 2.41. The molecule has 0 aromatic heterocycles. The van der Waals surface area contributed by atoms with Crippen LogP contribution in [0, 0.1) is 18.3 Å². The van der Waals surface area contributed by atoms with Crippen LogP contribution in [0.25, 0.3) is 0 Å². The second-order valence-electron chi connectivity index (χ2n) is 4.88. The summed E-state index contributed by atoms with van der Waals surface area (Å²) in [6.07, 6.45) is 10.9. The maximum absolute atomic E-state index is 5.69. The number of hydrogen-bond acceptors (Lipinski definition) is 1. The summed E-state index contributed by atoms with van der Waals surface area (Å²) in [6.45, 7) is 3.87. The number of rotatable bonds is 9. The van der Waals surface area contributed by atoms with E-state index in [1.807, 2.05) is 18.2 Å². The zero-order chi connectivity index (χ0) is 13.1. The van der Waals surface area contributed by atoms with E-state index in [1.54, 1.807) is 0 Å². The molecule has 0 spiro atoms. The van der Waals surface area contributed by atoms with Crippen molar-refractivity contribution < 1.29 is 4.74 Å².